The number of carbonyl (C=O) groups excluding carboxylic acids is 1. The minimum absolute atomic E-state index is 0.315. The number of benzene rings is 1. The minimum Gasteiger partial charge on any atom is -0.323 e. The van der Waals surface area contributed by atoms with Gasteiger partial charge in [0.25, 0.3) is 5.91 Å². The Hall–Kier alpha value is -2.47. The average molecular weight is 274 g/mol. The van der Waals surface area contributed by atoms with E-state index in [0.717, 1.165) is 5.69 Å². The van der Waals surface area contributed by atoms with Crippen molar-refractivity contribution in [3.05, 3.63) is 53.1 Å². The number of pyridine rings is 1. The van der Waals surface area contributed by atoms with Gasteiger partial charge in [-0.3, -0.25) is 15.6 Å². The van der Waals surface area contributed by atoms with Crippen LogP contribution in [0.5, 0.6) is 0 Å². The number of nitrogens with two attached hydrogens (primary N) is 1. The largest absolute Gasteiger partial charge is 0.323 e. The van der Waals surface area contributed by atoms with Crippen LogP contribution in [0.25, 0.3) is 0 Å². The molecule has 20 heavy (non-hydrogen) atoms. The first-order chi connectivity index (χ1) is 9.51. The molecule has 0 aliphatic carbocycles. The van der Waals surface area contributed by atoms with Crippen LogP contribution < -0.4 is 16.6 Å². The highest BCUT2D eigenvalue weighted by molar-refractivity contribution is 6.07. The Labute approximate surface area is 116 Å². The molecule has 0 spiro atoms. The van der Waals surface area contributed by atoms with Gasteiger partial charge in [0.05, 0.1) is 11.3 Å². The van der Waals surface area contributed by atoms with Crippen LogP contribution in [0.3, 0.4) is 0 Å². The third kappa shape index (κ3) is 2.92. The Morgan fingerprint density at radius 1 is 1.30 bits per heavy atom. The van der Waals surface area contributed by atoms with Gasteiger partial charge in [-0.2, -0.15) is 0 Å². The number of hydrazine groups is 1. The zero-order valence-corrected chi connectivity index (χ0v) is 11.2. The van der Waals surface area contributed by atoms with Crippen molar-refractivity contribution in [1.29, 1.82) is 0 Å². The van der Waals surface area contributed by atoms with Crippen molar-refractivity contribution in [3.8, 4) is 0 Å². The summed E-state index contributed by atoms with van der Waals surface area (Å²) in [4.78, 5) is 16.2. The highest BCUT2D eigenvalue weighted by Crippen LogP contribution is 2.18. The molecule has 0 saturated heterocycles. The first-order valence-corrected chi connectivity index (χ1v) is 6.02. The molecule has 6 heteroatoms. The summed E-state index contributed by atoms with van der Waals surface area (Å²) in [5.74, 6) is 4.71. The van der Waals surface area contributed by atoms with Crippen LogP contribution in [0.15, 0.2) is 30.5 Å². The molecule has 5 nitrogen and oxygen atoms in total. The van der Waals surface area contributed by atoms with E-state index in [9.17, 15) is 9.18 Å². The van der Waals surface area contributed by atoms with Gasteiger partial charge in [-0.1, -0.05) is 0 Å². The van der Waals surface area contributed by atoms with E-state index in [1.54, 1.807) is 26.0 Å². The summed E-state index contributed by atoms with van der Waals surface area (Å²) in [5, 5.41) is 2.68. The number of nitrogens with zero attached hydrogens (tertiary/aromatic N) is 1. The van der Waals surface area contributed by atoms with Crippen molar-refractivity contribution < 1.29 is 9.18 Å². The summed E-state index contributed by atoms with van der Waals surface area (Å²) >= 11 is 0. The molecule has 2 rings (SSSR count). The van der Waals surface area contributed by atoms with E-state index in [2.05, 4.69) is 15.7 Å². The number of amides is 1. The Morgan fingerprint density at radius 3 is 2.70 bits per heavy atom. The molecule has 0 saturated carbocycles. The number of aromatic nitrogens is 1. The lowest BCUT2D eigenvalue weighted by Crippen LogP contribution is -2.18. The number of halogens is 1. The van der Waals surface area contributed by atoms with Crippen molar-refractivity contribution in [2.75, 3.05) is 10.7 Å². The summed E-state index contributed by atoms with van der Waals surface area (Å²) in [6, 6.07) is 6.03. The van der Waals surface area contributed by atoms with E-state index >= 15 is 0 Å². The van der Waals surface area contributed by atoms with E-state index in [-0.39, 0.29) is 11.7 Å². The predicted molar refractivity (Wildman–Crippen MR) is 75.9 cm³/mol. The van der Waals surface area contributed by atoms with Crippen LogP contribution >= 0.6 is 0 Å². The number of hydrogen-bond acceptors (Lipinski definition) is 4. The predicted octanol–water partition coefficient (Wildman–Crippen LogP) is 2.38. The zero-order chi connectivity index (χ0) is 14.7. The van der Waals surface area contributed by atoms with Crippen LogP contribution in [-0.2, 0) is 0 Å². The van der Waals surface area contributed by atoms with E-state index in [0.29, 0.717) is 22.5 Å². The van der Waals surface area contributed by atoms with Crippen LogP contribution in [0.2, 0.25) is 0 Å². The van der Waals surface area contributed by atoms with Crippen LogP contribution in [-0.4, -0.2) is 10.9 Å². The van der Waals surface area contributed by atoms with Crippen molar-refractivity contribution in [3.63, 3.8) is 0 Å². The second-order valence-corrected chi connectivity index (χ2v) is 4.43. The van der Waals surface area contributed by atoms with Gasteiger partial charge in [0.1, 0.15) is 5.82 Å². The quantitative estimate of drug-likeness (QED) is 0.593. The molecule has 104 valence electrons. The van der Waals surface area contributed by atoms with Gasteiger partial charge in [-0.05, 0) is 43.7 Å². The molecule has 1 aromatic heterocycles. The highest BCUT2D eigenvalue weighted by Gasteiger charge is 2.12. The zero-order valence-electron chi connectivity index (χ0n) is 11.2. The molecule has 0 aliphatic rings. The number of aryl methyl sites for hydroxylation is 2. The molecule has 0 radical (unpaired) electrons. The van der Waals surface area contributed by atoms with E-state index < -0.39 is 0 Å². The summed E-state index contributed by atoms with van der Waals surface area (Å²) in [6.45, 7) is 3.43. The molecule has 0 fully saturated rings. The SMILES string of the molecule is Cc1cc(NN)c(C(=O)Nc2ccc(F)c(C)c2)cn1. The number of nitrogens with one attached hydrogen (secondary N) is 2. The lowest BCUT2D eigenvalue weighted by molar-refractivity contribution is 0.102. The fourth-order valence-electron chi connectivity index (χ4n) is 1.78. The van der Waals surface area contributed by atoms with Crippen molar-refractivity contribution in [1.82, 2.24) is 4.98 Å². The highest BCUT2D eigenvalue weighted by atomic mass is 19.1. The number of hydrogen-bond donors (Lipinski definition) is 3. The molecular weight excluding hydrogens is 259 g/mol. The molecule has 1 heterocycles. The summed E-state index contributed by atoms with van der Waals surface area (Å²) < 4.78 is 13.2. The van der Waals surface area contributed by atoms with Gasteiger partial charge < -0.3 is 10.7 Å². The van der Waals surface area contributed by atoms with E-state index in [1.165, 1.54) is 18.3 Å². The molecule has 1 amide bonds. The normalized spacial score (nSPS) is 10.2. The van der Waals surface area contributed by atoms with Crippen molar-refractivity contribution in [2.45, 2.75) is 13.8 Å². The van der Waals surface area contributed by atoms with Crippen LogP contribution in [0.1, 0.15) is 21.6 Å². The minimum atomic E-state index is -0.364. The van der Waals surface area contributed by atoms with Gasteiger partial charge in [0.15, 0.2) is 0 Å². The fourth-order valence-corrected chi connectivity index (χ4v) is 1.78. The lowest BCUT2D eigenvalue weighted by Gasteiger charge is -2.10. The monoisotopic (exact) mass is 274 g/mol. The first kappa shape index (κ1) is 14.0. The summed E-state index contributed by atoms with van der Waals surface area (Å²) in [5.41, 5.74) is 4.98. The second kappa shape index (κ2) is 5.66. The number of nitrogen functional groups attached to an aromatic ring is 1. The summed E-state index contributed by atoms with van der Waals surface area (Å²) in [6.07, 6.45) is 1.44. The summed E-state index contributed by atoms with van der Waals surface area (Å²) in [7, 11) is 0. The smallest absolute Gasteiger partial charge is 0.259 e. The Balaban J connectivity index is 2.25. The Morgan fingerprint density at radius 2 is 2.05 bits per heavy atom. The first-order valence-electron chi connectivity index (χ1n) is 6.02. The molecule has 4 N–H and O–H groups in total. The molecule has 1 aromatic carbocycles. The molecule has 0 bridgehead atoms. The molecule has 0 unspecified atom stereocenters. The third-order valence-electron chi connectivity index (χ3n) is 2.86. The number of anilines is 2. The third-order valence-corrected chi connectivity index (χ3v) is 2.86. The van der Waals surface area contributed by atoms with Crippen molar-refractivity contribution in [2.24, 2.45) is 5.84 Å². The van der Waals surface area contributed by atoms with Gasteiger partial charge >= 0.3 is 0 Å². The maximum absolute atomic E-state index is 13.2. The number of carbonyl (C=O) groups is 1. The second-order valence-electron chi connectivity index (χ2n) is 4.43. The molecule has 0 atom stereocenters. The molecule has 0 aliphatic heterocycles. The van der Waals surface area contributed by atoms with Crippen LogP contribution in [0.4, 0.5) is 15.8 Å². The van der Waals surface area contributed by atoms with Gasteiger partial charge in [-0.15, -0.1) is 0 Å². The van der Waals surface area contributed by atoms with E-state index in [4.69, 9.17) is 5.84 Å². The molecule has 2 aromatic rings. The number of rotatable bonds is 3. The fraction of sp³-hybridized carbons (Fsp3) is 0.143. The van der Waals surface area contributed by atoms with Crippen LogP contribution in [0, 0.1) is 19.7 Å². The topological polar surface area (TPSA) is 80.0 Å². The Kier molecular flexibility index (Phi) is 3.95. The standard InChI is InChI=1S/C14H15FN4O/c1-8-5-10(3-4-12(8)15)18-14(20)11-7-17-9(2)6-13(11)19-16/h3-7H,16H2,1-2H3,(H,17,19)(H,18,20). The van der Waals surface area contributed by atoms with E-state index in [1.807, 2.05) is 0 Å². The maximum Gasteiger partial charge on any atom is 0.259 e. The van der Waals surface area contributed by atoms with Gasteiger partial charge in [0, 0.05) is 17.6 Å². The lowest BCUT2D eigenvalue weighted by atomic mass is 10.1. The molecular formula is C14H15FN4O. The van der Waals surface area contributed by atoms with Gasteiger partial charge in [0.2, 0.25) is 0 Å². The van der Waals surface area contributed by atoms with Crippen molar-refractivity contribution >= 4 is 17.3 Å². The average Bonchev–Trinajstić information content (AvgIpc) is 2.42. The maximum atomic E-state index is 13.2. The Bertz CT molecular complexity index is 658. The van der Waals surface area contributed by atoms with Gasteiger partial charge in [-0.25, -0.2) is 4.39 Å².